The third kappa shape index (κ3) is 3.07. The molecule has 1 atom stereocenters. The van der Waals surface area contributed by atoms with Gasteiger partial charge < -0.3 is 5.11 Å². The van der Waals surface area contributed by atoms with Crippen LogP contribution in [0.5, 0.6) is 0 Å². The lowest BCUT2D eigenvalue weighted by atomic mass is 9.82. The number of aliphatic carboxylic acids is 1. The lowest BCUT2D eigenvalue weighted by molar-refractivity contribution is -0.151. The van der Waals surface area contributed by atoms with Gasteiger partial charge in [0.2, 0.25) is 0 Å². The van der Waals surface area contributed by atoms with Crippen molar-refractivity contribution in [2.24, 2.45) is 5.41 Å². The van der Waals surface area contributed by atoms with E-state index in [2.05, 4.69) is 0 Å². The van der Waals surface area contributed by atoms with Crippen LogP contribution < -0.4 is 0 Å². The average molecular weight is 286 g/mol. The summed E-state index contributed by atoms with van der Waals surface area (Å²) in [6, 6.07) is 4.60. The maximum absolute atomic E-state index is 13.7. The molecule has 1 heterocycles. The third-order valence-corrected chi connectivity index (χ3v) is 4.09. The molecule has 3 nitrogen and oxygen atoms in total. The van der Waals surface area contributed by atoms with Crippen LogP contribution in [0.2, 0.25) is 5.02 Å². The number of nitrogens with zero attached hydrogens (tertiary/aromatic N) is 1. The number of carboxylic acid groups (broad SMARTS) is 1. The van der Waals surface area contributed by atoms with Crippen LogP contribution in [0.4, 0.5) is 4.39 Å². The van der Waals surface area contributed by atoms with Gasteiger partial charge in [0.1, 0.15) is 5.82 Å². The van der Waals surface area contributed by atoms with Gasteiger partial charge in [-0.3, -0.25) is 9.69 Å². The topological polar surface area (TPSA) is 40.5 Å². The molecule has 1 aliphatic heterocycles. The van der Waals surface area contributed by atoms with E-state index in [1.165, 1.54) is 6.07 Å². The van der Waals surface area contributed by atoms with Crippen molar-refractivity contribution in [3.8, 4) is 0 Å². The Morgan fingerprint density at radius 2 is 2.32 bits per heavy atom. The van der Waals surface area contributed by atoms with E-state index in [9.17, 15) is 14.3 Å². The summed E-state index contributed by atoms with van der Waals surface area (Å²) in [5, 5.41) is 9.66. The van der Waals surface area contributed by atoms with Gasteiger partial charge in [0.15, 0.2) is 0 Å². The minimum absolute atomic E-state index is 0.338. The van der Waals surface area contributed by atoms with Crippen LogP contribution in [0.3, 0.4) is 0 Å². The van der Waals surface area contributed by atoms with E-state index in [4.69, 9.17) is 11.6 Å². The van der Waals surface area contributed by atoms with Crippen LogP contribution in [0, 0.1) is 11.2 Å². The Balaban J connectivity index is 2.13. The predicted octanol–water partition coefficient (Wildman–Crippen LogP) is 3.17. The first-order valence-corrected chi connectivity index (χ1v) is 6.69. The maximum atomic E-state index is 13.7. The summed E-state index contributed by atoms with van der Waals surface area (Å²) in [4.78, 5) is 13.2. The van der Waals surface area contributed by atoms with E-state index in [-0.39, 0.29) is 5.82 Å². The molecule has 19 heavy (non-hydrogen) atoms. The normalized spacial score (nSPS) is 24.4. The van der Waals surface area contributed by atoms with Crippen LogP contribution in [0.25, 0.3) is 0 Å². The molecule has 0 radical (unpaired) electrons. The molecule has 1 saturated heterocycles. The molecule has 1 aromatic rings. The molecular formula is C14H17ClFNO2. The van der Waals surface area contributed by atoms with Gasteiger partial charge in [0, 0.05) is 23.7 Å². The van der Waals surface area contributed by atoms with Crippen molar-refractivity contribution in [3.05, 3.63) is 34.6 Å². The van der Waals surface area contributed by atoms with Gasteiger partial charge in [0.05, 0.1) is 5.41 Å². The lowest BCUT2D eigenvalue weighted by Gasteiger charge is -2.37. The highest BCUT2D eigenvalue weighted by Crippen LogP contribution is 2.31. The smallest absolute Gasteiger partial charge is 0.310 e. The van der Waals surface area contributed by atoms with Crippen LogP contribution in [0.15, 0.2) is 18.2 Å². The zero-order valence-electron chi connectivity index (χ0n) is 10.8. The Morgan fingerprint density at radius 1 is 1.58 bits per heavy atom. The molecule has 0 amide bonds. The molecule has 0 bridgehead atoms. The highest BCUT2D eigenvalue weighted by atomic mass is 35.5. The summed E-state index contributed by atoms with van der Waals surface area (Å²) >= 11 is 6.00. The van der Waals surface area contributed by atoms with E-state index in [0.29, 0.717) is 30.1 Å². The number of carboxylic acids is 1. The maximum Gasteiger partial charge on any atom is 0.310 e. The molecule has 1 fully saturated rings. The van der Waals surface area contributed by atoms with E-state index in [0.717, 1.165) is 13.0 Å². The van der Waals surface area contributed by atoms with Gasteiger partial charge in [-0.1, -0.05) is 17.7 Å². The highest BCUT2D eigenvalue weighted by Gasteiger charge is 2.37. The molecule has 1 unspecified atom stereocenters. The minimum Gasteiger partial charge on any atom is -0.481 e. The number of piperidine rings is 1. The Labute approximate surface area is 117 Å². The second-order valence-electron chi connectivity index (χ2n) is 5.38. The largest absolute Gasteiger partial charge is 0.481 e. The first kappa shape index (κ1) is 14.3. The van der Waals surface area contributed by atoms with E-state index >= 15 is 0 Å². The highest BCUT2D eigenvalue weighted by molar-refractivity contribution is 6.31. The molecule has 0 spiro atoms. The zero-order chi connectivity index (χ0) is 14.0. The van der Waals surface area contributed by atoms with Crippen molar-refractivity contribution >= 4 is 17.6 Å². The summed E-state index contributed by atoms with van der Waals surface area (Å²) in [6.45, 7) is 3.29. The lowest BCUT2D eigenvalue weighted by Crippen LogP contribution is -2.45. The Kier molecular flexibility index (Phi) is 4.11. The van der Waals surface area contributed by atoms with E-state index in [1.807, 2.05) is 4.90 Å². The van der Waals surface area contributed by atoms with Crippen molar-refractivity contribution in [2.45, 2.75) is 26.3 Å². The average Bonchev–Trinajstić information content (AvgIpc) is 2.34. The molecule has 0 aromatic heterocycles. The van der Waals surface area contributed by atoms with E-state index < -0.39 is 11.4 Å². The van der Waals surface area contributed by atoms with Gasteiger partial charge in [-0.15, -0.1) is 0 Å². The Bertz CT molecular complexity index is 474. The second-order valence-corrected chi connectivity index (χ2v) is 5.79. The monoisotopic (exact) mass is 285 g/mol. The molecular weight excluding hydrogens is 269 g/mol. The number of benzene rings is 1. The van der Waals surface area contributed by atoms with Crippen LogP contribution in [-0.4, -0.2) is 29.1 Å². The minimum atomic E-state index is -0.795. The summed E-state index contributed by atoms with van der Waals surface area (Å²) < 4.78 is 13.7. The molecule has 1 aromatic carbocycles. The second kappa shape index (κ2) is 5.47. The van der Waals surface area contributed by atoms with Crippen LogP contribution in [-0.2, 0) is 11.3 Å². The van der Waals surface area contributed by atoms with E-state index in [1.54, 1.807) is 19.1 Å². The number of carbonyl (C=O) groups is 1. The molecule has 2 rings (SSSR count). The number of likely N-dealkylation sites (tertiary alicyclic amines) is 1. The van der Waals surface area contributed by atoms with Gasteiger partial charge in [-0.05, 0) is 38.4 Å². The van der Waals surface area contributed by atoms with Gasteiger partial charge in [0.25, 0.3) is 0 Å². The summed E-state index contributed by atoms with van der Waals surface area (Å²) in [5.74, 6) is -1.13. The summed E-state index contributed by atoms with van der Waals surface area (Å²) in [5.41, 5.74) is -0.311. The molecule has 1 aliphatic rings. The fourth-order valence-electron chi connectivity index (χ4n) is 2.56. The molecule has 0 saturated carbocycles. The van der Waals surface area contributed by atoms with Crippen LogP contribution >= 0.6 is 11.6 Å². The fourth-order valence-corrected chi connectivity index (χ4v) is 2.78. The third-order valence-electron chi connectivity index (χ3n) is 3.74. The first-order chi connectivity index (χ1) is 8.92. The number of hydrogen-bond donors (Lipinski definition) is 1. The number of hydrogen-bond acceptors (Lipinski definition) is 2. The standard InChI is InChI=1S/C14H17ClFNO2/c1-14(13(18)19)6-3-7-17(9-14)8-10-11(15)4-2-5-12(10)16/h2,4-5H,3,6-9H2,1H3,(H,18,19). The molecule has 5 heteroatoms. The molecule has 1 N–H and O–H groups in total. The van der Waals surface area contributed by atoms with Crippen molar-refractivity contribution < 1.29 is 14.3 Å². The summed E-state index contributed by atoms with van der Waals surface area (Å²) in [6.07, 6.45) is 1.46. The summed E-state index contributed by atoms with van der Waals surface area (Å²) in [7, 11) is 0. The Morgan fingerprint density at radius 3 is 2.95 bits per heavy atom. The molecule has 0 aliphatic carbocycles. The Hall–Kier alpha value is -1.13. The van der Waals surface area contributed by atoms with Crippen LogP contribution in [0.1, 0.15) is 25.3 Å². The predicted molar refractivity (Wildman–Crippen MR) is 71.7 cm³/mol. The number of rotatable bonds is 3. The van der Waals surface area contributed by atoms with Crippen molar-refractivity contribution in [1.82, 2.24) is 4.90 Å². The van der Waals surface area contributed by atoms with Crippen molar-refractivity contribution in [1.29, 1.82) is 0 Å². The number of halogens is 2. The van der Waals surface area contributed by atoms with Gasteiger partial charge in [-0.2, -0.15) is 0 Å². The zero-order valence-corrected chi connectivity index (χ0v) is 11.6. The quantitative estimate of drug-likeness (QED) is 0.927. The SMILES string of the molecule is CC1(C(=O)O)CCCN(Cc2c(F)cccc2Cl)C1. The van der Waals surface area contributed by atoms with Crippen molar-refractivity contribution in [3.63, 3.8) is 0 Å². The molecule has 104 valence electrons. The van der Waals surface area contributed by atoms with Gasteiger partial charge in [-0.25, -0.2) is 4.39 Å². The van der Waals surface area contributed by atoms with Gasteiger partial charge >= 0.3 is 5.97 Å². The fraction of sp³-hybridized carbons (Fsp3) is 0.500. The van der Waals surface area contributed by atoms with Crippen molar-refractivity contribution in [2.75, 3.05) is 13.1 Å². The first-order valence-electron chi connectivity index (χ1n) is 6.31.